The van der Waals surface area contributed by atoms with Crippen LogP contribution in [-0.2, 0) is 0 Å². The van der Waals surface area contributed by atoms with Crippen molar-refractivity contribution in [2.24, 2.45) is 11.3 Å². The zero-order valence-electron chi connectivity index (χ0n) is 9.67. The fourth-order valence-electron chi connectivity index (χ4n) is 1.14. The number of nitriles is 1. The number of rotatable bonds is 6. The van der Waals surface area contributed by atoms with Crippen LogP contribution in [0.1, 0.15) is 34.1 Å². The Labute approximate surface area is 87.1 Å². The Morgan fingerprint density at radius 3 is 2.36 bits per heavy atom. The van der Waals surface area contributed by atoms with Crippen LogP contribution in [-0.4, -0.2) is 24.3 Å². The summed E-state index contributed by atoms with van der Waals surface area (Å²) in [6.45, 7) is 8.94. The Bertz CT molecular complexity index is 194. The molecule has 3 heteroatoms. The Morgan fingerprint density at radius 2 is 2.00 bits per heavy atom. The molecule has 0 rings (SSSR count). The van der Waals surface area contributed by atoms with Crippen molar-refractivity contribution >= 4 is 0 Å². The van der Waals surface area contributed by atoms with Crippen molar-refractivity contribution in [2.45, 2.75) is 40.2 Å². The molecule has 0 bridgehead atoms. The van der Waals surface area contributed by atoms with Gasteiger partial charge in [0.25, 0.3) is 0 Å². The lowest BCUT2D eigenvalue weighted by molar-refractivity contribution is 0.207. The number of nitrogens with one attached hydrogen (secondary N) is 1. The van der Waals surface area contributed by atoms with Crippen molar-refractivity contribution in [3.8, 4) is 6.07 Å². The summed E-state index contributed by atoms with van der Waals surface area (Å²) in [5.74, 6) is 0.421. The summed E-state index contributed by atoms with van der Waals surface area (Å²) in [6, 6.07) is 2.40. The molecule has 0 aliphatic rings. The van der Waals surface area contributed by atoms with E-state index in [0.717, 1.165) is 13.0 Å². The number of hydrogen-bond acceptors (Lipinski definition) is 3. The fraction of sp³-hybridized carbons (Fsp3) is 0.909. The number of hydrogen-bond donors (Lipinski definition) is 2. The van der Waals surface area contributed by atoms with Crippen molar-refractivity contribution in [1.82, 2.24) is 5.32 Å². The highest BCUT2D eigenvalue weighted by Crippen LogP contribution is 2.17. The van der Waals surface area contributed by atoms with E-state index in [2.05, 4.69) is 25.2 Å². The molecule has 2 N–H and O–H groups in total. The molecule has 0 heterocycles. The molecule has 82 valence electrons. The van der Waals surface area contributed by atoms with E-state index >= 15 is 0 Å². The molecule has 14 heavy (non-hydrogen) atoms. The third-order valence-corrected chi connectivity index (χ3v) is 2.46. The highest BCUT2D eigenvalue weighted by molar-refractivity contribution is 4.92. The minimum Gasteiger partial charge on any atom is -0.395 e. The SMILES string of the molecule is CC(C)[C@@H](CO)NCCC(C)(C)C#N. The van der Waals surface area contributed by atoms with Crippen molar-refractivity contribution < 1.29 is 5.11 Å². The average Bonchev–Trinajstić information content (AvgIpc) is 2.12. The molecule has 0 saturated heterocycles. The first-order valence-electron chi connectivity index (χ1n) is 5.18. The van der Waals surface area contributed by atoms with Gasteiger partial charge in [-0.2, -0.15) is 5.26 Å². The number of aliphatic hydroxyl groups excluding tert-OH is 1. The van der Waals surface area contributed by atoms with Gasteiger partial charge in [0.15, 0.2) is 0 Å². The first-order chi connectivity index (χ1) is 6.43. The summed E-state index contributed by atoms with van der Waals surface area (Å²) < 4.78 is 0. The van der Waals surface area contributed by atoms with Crippen LogP contribution in [0.15, 0.2) is 0 Å². The largest absolute Gasteiger partial charge is 0.395 e. The van der Waals surface area contributed by atoms with Gasteiger partial charge in [0.1, 0.15) is 0 Å². The minimum absolute atomic E-state index is 0.143. The van der Waals surface area contributed by atoms with Gasteiger partial charge in [0.2, 0.25) is 0 Å². The van der Waals surface area contributed by atoms with Crippen molar-refractivity contribution in [3.05, 3.63) is 0 Å². The van der Waals surface area contributed by atoms with Crippen molar-refractivity contribution in [3.63, 3.8) is 0 Å². The molecule has 3 nitrogen and oxygen atoms in total. The van der Waals surface area contributed by atoms with Gasteiger partial charge >= 0.3 is 0 Å². The lowest BCUT2D eigenvalue weighted by Crippen LogP contribution is -2.38. The summed E-state index contributed by atoms with van der Waals surface area (Å²) in [4.78, 5) is 0. The van der Waals surface area contributed by atoms with E-state index < -0.39 is 0 Å². The van der Waals surface area contributed by atoms with Gasteiger partial charge in [-0.1, -0.05) is 13.8 Å². The predicted octanol–water partition coefficient (Wildman–Crippen LogP) is 1.53. The van der Waals surface area contributed by atoms with Crippen LogP contribution in [0.3, 0.4) is 0 Å². The molecule has 0 aromatic heterocycles. The molecule has 0 unspecified atom stereocenters. The zero-order valence-corrected chi connectivity index (χ0v) is 9.67. The maximum Gasteiger partial charge on any atom is 0.0684 e. The topological polar surface area (TPSA) is 56.0 Å². The normalized spacial score (nSPS) is 14.1. The molecule has 0 aromatic rings. The highest BCUT2D eigenvalue weighted by atomic mass is 16.3. The van der Waals surface area contributed by atoms with Crippen LogP contribution in [0.2, 0.25) is 0 Å². The van der Waals surface area contributed by atoms with Crippen LogP contribution in [0.5, 0.6) is 0 Å². The summed E-state index contributed by atoms with van der Waals surface area (Å²) in [6.07, 6.45) is 0.812. The summed E-state index contributed by atoms with van der Waals surface area (Å²) in [7, 11) is 0. The molecule has 0 fully saturated rings. The molecule has 0 amide bonds. The lowest BCUT2D eigenvalue weighted by Gasteiger charge is -2.22. The molecule has 0 radical (unpaired) electrons. The molecule has 1 atom stereocenters. The number of aliphatic hydroxyl groups is 1. The maximum atomic E-state index is 9.06. The second-order valence-electron chi connectivity index (χ2n) is 4.73. The van der Waals surface area contributed by atoms with E-state index in [4.69, 9.17) is 10.4 Å². The standard InChI is InChI=1S/C11H22N2O/c1-9(2)10(7-14)13-6-5-11(3,4)8-12/h9-10,13-14H,5-7H2,1-4H3/t10-/m1/s1. The van der Waals surface area contributed by atoms with Gasteiger partial charge in [-0.15, -0.1) is 0 Å². The van der Waals surface area contributed by atoms with E-state index in [9.17, 15) is 0 Å². The molecule has 0 aliphatic carbocycles. The van der Waals surface area contributed by atoms with E-state index in [-0.39, 0.29) is 18.1 Å². The van der Waals surface area contributed by atoms with E-state index in [0.29, 0.717) is 5.92 Å². The molecule has 0 aromatic carbocycles. The zero-order chi connectivity index (χ0) is 11.2. The fourth-order valence-corrected chi connectivity index (χ4v) is 1.14. The van der Waals surface area contributed by atoms with Crippen LogP contribution in [0.4, 0.5) is 0 Å². The highest BCUT2D eigenvalue weighted by Gasteiger charge is 2.17. The van der Waals surface area contributed by atoms with Gasteiger partial charge in [0.05, 0.1) is 18.1 Å². The van der Waals surface area contributed by atoms with E-state index in [1.165, 1.54) is 0 Å². The first-order valence-corrected chi connectivity index (χ1v) is 5.18. The molecular formula is C11H22N2O. The molecular weight excluding hydrogens is 176 g/mol. The first kappa shape index (κ1) is 13.4. The number of nitrogens with zero attached hydrogens (tertiary/aromatic N) is 1. The third kappa shape index (κ3) is 5.21. The Balaban J connectivity index is 3.79. The third-order valence-electron chi connectivity index (χ3n) is 2.46. The Hall–Kier alpha value is -0.590. The maximum absolute atomic E-state index is 9.06. The van der Waals surface area contributed by atoms with Crippen LogP contribution in [0, 0.1) is 22.7 Å². The predicted molar refractivity (Wildman–Crippen MR) is 57.7 cm³/mol. The Kier molecular flexibility index (Phi) is 5.75. The van der Waals surface area contributed by atoms with Gasteiger partial charge in [-0.05, 0) is 32.7 Å². The van der Waals surface area contributed by atoms with Gasteiger partial charge in [0, 0.05) is 6.04 Å². The van der Waals surface area contributed by atoms with Crippen LogP contribution < -0.4 is 5.32 Å². The van der Waals surface area contributed by atoms with Gasteiger partial charge in [-0.25, -0.2) is 0 Å². The molecule has 0 aliphatic heterocycles. The summed E-state index contributed by atoms with van der Waals surface area (Å²) in [5, 5.41) is 21.1. The molecule has 0 saturated carbocycles. The van der Waals surface area contributed by atoms with E-state index in [1.54, 1.807) is 0 Å². The van der Waals surface area contributed by atoms with Crippen LogP contribution >= 0.6 is 0 Å². The summed E-state index contributed by atoms with van der Waals surface area (Å²) in [5.41, 5.74) is -0.274. The minimum atomic E-state index is -0.274. The monoisotopic (exact) mass is 198 g/mol. The second kappa shape index (κ2) is 6.00. The van der Waals surface area contributed by atoms with Gasteiger partial charge < -0.3 is 10.4 Å². The Morgan fingerprint density at radius 1 is 1.43 bits per heavy atom. The summed E-state index contributed by atoms with van der Waals surface area (Å²) >= 11 is 0. The smallest absolute Gasteiger partial charge is 0.0684 e. The van der Waals surface area contributed by atoms with E-state index in [1.807, 2.05) is 13.8 Å². The quantitative estimate of drug-likeness (QED) is 0.680. The van der Waals surface area contributed by atoms with Gasteiger partial charge in [-0.3, -0.25) is 0 Å². The second-order valence-corrected chi connectivity index (χ2v) is 4.73. The molecule has 0 spiro atoms. The van der Waals surface area contributed by atoms with Crippen molar-refractivity contribution in [1.29, 1.82) is 5.26 Å². The lowest BCUT2D eigenvalue weighted by atomic mass is 9.91. The van der Waals surface area contributed by atoms with Crippen molar-refractivity contribution in [2.75, 3.05) is 13.2 Å². The van der Waals surface area contributed by atoms with Crippen LogP contribution in [0.25, 0.3) is 0 Å². The average molecular weight is 198 g/mol.